The average molecular weight is 454 g/mol. The van der Waals surface area contributed by atoms with Gasteiger partial charge in [-0.25, -0.2) is 4.39 Å². The molecule has 9 heteroatoms. The topological polar surface area (TPSA) is 141 Å². The van der Waals surface area contributed by atoms with Crippen LogP contribution in [-0.4, -0.2) is 74.2 Å². The minimum atomic E-state index is -2.37. The van der Waals surface area contributed by atoms with Crippen molar-refractivity contribution >= 4 is 17.5 Å². The second-order valence-electron chi connectivity index (χ2n) is 10.5. The number of aliphatic hydroxyl groups is 4. The van der Waals surface area contributed by atoms with Crippen LogP contribution in [0, 0.1) is 22.7 Å². The van der Waals surface area contributed by atoms with E-state index in [4.69, 9.17) is 4.74 Å². The van der Waals surface area contributed by atoms with Crippen molar-refractivity contribution in [2.24, 2.45) is 22.7 Å². The molecular weight excluding hydrogens is 423 g/mol. The van der Waals surface area contributed by atoms with E-state index >= 15 is 4.39 Å². The Morgan fingerprint density at radius 2 is 1.88 bits per heavy atom. The number of hydrogen-bond donors (Lipinski definition) is 4. The normalized spacial score (nSPS) is 50.1. The number of ether oxygens (including phenoxy) is 1. The number of carbonyl (C=O) groups is 3. The largest absolute Gasteiger partial charge is 0.458 e. The van der Waals surface area contributed by atoms with Gasteiger partial charge in [0.15, 0.2) is 18.1 Å². The van der Waals surface area contributed by atoms with Crippen LogP contribution >= 0.6 is 0 Å². The monoisotopic (exact) mass is 454 g/mol. The fourth-order valence-corrected chi connectivity index (χ4v) is 7.33. The van der Waals surface area contributed by atoms with E-state index in [1.165, 1.54) is 6.08 Å². The minimum Gasteiger partial charge on any atom is -0.458 e. The molecule has 0 bridgehead atoms. The van der Waals surface area contributed by atoms with Crippen LogP contribution in [0.3, 0.4) is 0 Å². The molecule has 0 spiro atoms. The van der Waals surface area contributed by atoms with Crippen molar-refractivity contribution < 1.29 is 43.9 Å². The quantitative estimate of drug-likeness (QED) is 0.449. The maximum Gasteiger partial charge on any atom is 0.303 e. The maximum atomic E-state index is 17.1. The average Bonchev–Trinajstić information content (AvgIpc) is 2.98. The van der Waals surface area contributed by atoms with Gasteiger partial charge in [-0.3, -0.25) is 14.4 Å². The number of fused-ring (bicyclic) bond motifs is 5. The molecule has 9 atom stereocenters. The summed E-state index contributed by atoms with van der Waals surface area (Å²) < 4.78 is 21.9. The molecule has 32 heavy (non-hydrogen) atoms. The van der Waals surface area contributed by atoms with Crippen LogP contribution in [0.5, 0.6) is 0 Å². The molecule has 8 nitrogen and oxygen atoms in total. The Morgan fingerprint density at radius 1 is 1.22 bits per heavy atom. The Labute approximate surface area is 185 Å². The second kappa shape index (κ2) is 7.16. The molecule has 0 radical (unpaired) electrons. The molecular formula is C23H31FO8. The first-order valence-electron chi connectivity index (χ1n) is 11.1. The van der Waals surface area contributed by atoms with E-state index in [-0.39, 0.29) is 43.5 Å². The number of Topliss-reactive ketones (excluding diaryl/α,β-unsaturated/α-hetero) is 1. The van der Waals surface area contributed by atoms with E-state index in [0.29, 0.717) is 0 Å². The zero-order valence-corrected chi connectivity index (χ0v) is 18.5. The van der Waals surface area contributed by atoms with Crippen molar-refractivity contribution in [3.8, 4) is 0 Å². The fourth-order valence-electron chi connectivity index (χ4n) is 7.33. The summed E-state index contributed by atoms with van der Waals surface area (Å²) in [6.07, 6.45) is -3.60. The molecule has 3 saturated carbocycles. The van der Waals surface area contributed by atoms with Crippen LogP contribution < -0.4 is 0 Å². The Kier molecular flexibility index (Phi) is 5.25. The van der Waals surface area contributed by atoms with Crippen LogP contribution in [0.2, 0.25) is 0 Å². The van der Waals surface area contributed by atoms with Gasteiger partial charge in [0, 0.05) is 30.1 Å². The van der Waals surface area contributed by atoms with Crippen molar-refractivity contribution in [2.45, 2.75) is 82.5 Å². The van der Waals surface area contributed by atoms with E-state index < -0.39 is 70.6 Å². The fraction of sp³-hybridized carbons (Fsp3) is 0.783. The number of ketones is 2. The SMILES string of the molecule is CC(=O)OCC(=O)[C@@]1(O)CC[C@H]2[C@@H]3[C@H](O)[C@H](O)C4=CC(=O)CC[C@]4(C)[C@@]3(F)[C@@H](O)C[C@@]21C. The lowest BCUT2D eigenvalue weighted by atomic mass is 9.42. The summed E-state index contributed by atoms with van der Waals surface area (Å²) in [4.78, 5) is 36.0. The first-order valence-corrected chi connectivity index (χ1v) is 11.1. The van der Waals surface area contributed by atoms with Gasteiger partial charge in [0.2, 0.25) is 5.78 Å². The maximum absolute atomic E-state index is 17.1. The summed E-state index contributed by atoms with van der Waals surface area (Å²) in [5.41, 5.74) is -6.96. The van der Waals surface area contributed by atoms with Crippen LogP contribution in [-0.2, 0) is 19.1 Å². The number of carbonyl (C=O) groups excluding carboxylic acids is 3. The first kappa shape index (κ1) is 23.5. The molecule has 0 amide bonds. The van der Waals surface area contributed by atoms with Gasteiger partial charge in [-0.1, -0.05) is 13.8 Å². The summed E-state index contributed by atoms with van der Waals surface area (Å²) in [6.45, 7) is 3.63. The number of esters is 1. The van der Waals surface area contributed by atoms with Crippen LogP contribution in [0.15, 0.2) is 11.6 Å². The Bertz CT molecular complexity index is 902. The van der Waals surface area contributed by atoms with Crippen molar-refractivity contribution in [3.63, 3.8) is 0 Å². The molecule has 4 aliphatic carbocycles. The summed E-state index contributed by atoms with van der Waals surface area (Å²) in [6, 6.07) is 0. The number of halogens is 1. The van der Waals surface area contributed by atoms with Crippen molar-refractivity contribution in [1.29, 1.82) is 0 Å². The predicted molar refractivity (Wildman–Crippen MR) is 108 cm³/mol. The molecule has 4 N–H and O–H groups in total. The molecule has 3 fully saturated rings. The second-order valence-corrected chi connectivity index (χ2v) is 10.5. The highest BCUT2D eigenvalue weighted by atomic mass is 19.1. The Hall–Kier alpha value is -1.68. The summed E-state index contributed by atoms with van der Waals surface area (Å²) in [5, 5.41) is 44.6. The van der Waals surface area contributed by atoms with E-state index in [2.05, 4.69) is 0 Å². The molecule has 0 aliphatic heterocycles. The number of rotatable bonds is 3. The van der Waals surface area contributed by atoms with Crippen LogP contribution in [0.25, 0.3) is 0 Å². The molecule has 4 aliphatic rings. The van der Waals surface area contributed by atoms with Gasteiger partial charge in [0.1, 0.15) is 11.7 Å². The van der Waals surface area contributed by atoms with Gasteiger partial charge in [-0.05, 0) is 43.3 Å². The highest BCUT2D eigenvalue weighted by molar-refractivity contribution is 5.92. The van der Waals surface area contributed by atoms with Crippen molar-refractivity contribution in [2.75, 3.05) is 6.61 Å². The smallest absolute Gasteiger partial charge is 0.303 e. The summed E-state index contributed by atoms with van der Waals surface area (Å²) in [7, 11) is 0. The van der Waals surface area contributed by atoms with Gasteiger partial charge in [0.05, 0.1) is 12.2 Å². The van der Waals surface area contributed by atoms with Crippen molar-refractivity contribution in [3.05, 3.63) is 11.6 Å². The third-order valence-corrected chi connectivity index (χ3v) is 9.15. The first-order chi connectivity index (χ1) is 14.7. The number of alkyl halides is 1. The molecule has 4 rings (SSSR count). The van der Waals surface area contributed by atoms with Gasteiger partial charge in [-0.2, -0.15) is 0 Å². The Balaban J connectivity index is 1.79. The van der Waals surface area contributed by atoms with E-state index in [9.17, 15) is 34.8 Å². The lowest BCUT2D eigenvalue weighted by Crippen LogP contribution is -2.74. The molecule has 0 aromatic rings. The third kappa shape index (κ3) is 2.71. The van der Waals surface area contributed by atoms with Crippen molar-refractivity contribution in [1.82, 2.24) is 0 Å². The lowest BCUT2D eigenvalue weighted by molar-refractivity contribution is -0.261. The zero-order chi connectivity index (χ0) is 23.9. The molecule has 0 unspecified atom stereocenters. The molecule has 0 aromatic heterocycles. The van der Waals surface area contributed by atoms with Gasteiger partial charge in [-0.15, -0.1) is 0 Å². The molecule has 178 valence electrons. The summed E-state index contributed by atoms with van der Waals surface area (Å²) >= 11 is 0. The number of hydrogen-bond acceptors (Lipinski definition) is 8. The highest BCUT2D eigenvalue weighted by Gasteiger charge is 2.77. The zero-order valence-electron chi connectivity index (χ0n) is 18.5. The van der Waals surface area contributed by atoms with Gasteiger partial charge < -0.3 is 25.2 Å². The predicted octanol–water partition coefficient (Wildman–Crippen LogP) is 0.386. The standard InChI is InChI=1S/C23H31FO8/c1-11(25)32-10-16(28)22(31)7-5-13-17-19(30)18(29)14-8-12(26)4-6-20(14,2)23(17,24)15(27)9-21(13,22)3/h8,13,15,17-19,27,29-31H,4-7,9-10H2,1-3H3/t13-,15-,17+,18+,19-,20-,21-,22-,23+/m0/s1. The van der Waals surface area contributed by atoms with Crippen LogP contribution in [0.4, 0.5) is 4.39 Å². The molecule has 0 aromatic carbocycles. The van der Waals surface area contributed by atoms with E-state index in [1.54, 1.807) is 13.8 Å². The molecule has 0 heterocycles. The minimum absolute atomic E-state index is 0.0473. The molecule has 0 saturated heterocycles. The van der Waals surface area contributed by atoms with Crippen LogP contribution in [0.1, 0.15) is 52.9 Å². The van der Waals surface area contributed by atoms with Gasteiger partial charge in [0.25, 0.3) is 0 Å². The van der Waals surface area contributed by atoms with Gasteiger partial charge >= 0.3 is 5.97 Å². The lowest BCUT2D eigenvalue weighted by Gasteiger charge is -2.65. The Morgan fingerprint density at radius 3 is 2.50 bits per heavy atom. The highest BCUT2D eigenvalue weighted by Crippen LogP contribution is 2.70. The van der Waals surface area contributed by atoms with E-state index in [1.807, 2.05) is 0 Å². The third-order valence-electron chi connectivity index (χ3n) is 9.15. The van der Waals surface area contributed by atoms with E-state index in [0.717, 1.165) is 6.92 Å². The summed E-state index contributed by atoms with van der Waals surface area (Å²) in [5.74, 6) is -3.69. The number of aliphatic hydroxyl groups excluding tert-OH is 3.